The van der Waals surface area contributed by atoms with Gasteiger partial charge in [0.25, 0.3) is 0 Å². The van der Waals surface area contributed by atoms with E-state index >= 15 is 0 Å². The van der Waals surface area contributed by atoms with Gasteiger partial charge in [0.15, 0.2) is 5.75 Å². The minimum absolute atomic E-state index is 0.202. The first kappa shape index (κ1) is 8.75. The van der Waals surface area contributed by atoms with Crippen molar-refractivity contribution in [3.63, 3.8) is 0 Å². The van der Waals surface area contributed by atoms with Crippen LogP contribution in [0, 0.1) is 0 Å². The van der Waals surface area contributed by atoms with E-state index in [0.717, 1.165) is 5.56 Å². The summed E-state index contributed by atoms with van der Waals surface area (Å²) in [5.41, 5.74) is 0.794. The molecule has 0 aliphatic heterocycles. The minimum atomic E-state index is -0.334. The summed E-state index contributed by atoms with van der Waals surface area (Å²) >= 11 is 3.17. The molecule has 1 aliphatic rings. The van der Waals surface area contributed by atoms with Crippen LogP contribution in [-0.2, 0) is 0 Å². The molecule has 1 aromatic carbocycles. The maximum absolute atomic E-state index is 11.2. The molecule has 1 saturated carbocycles. The highest BCUT2D eigenvalue weighted by Gasteiger charge is 2.23. The number of hydrogen-bond donors (Lipinski definition) is 1. The van der Waals surface area contributed by atoms with E-state index in [0.29, 0.717) is 10.4 Å². The maximum atomic E-state index is 11.2. The van der Waals surface area contributed by atoms with E-state index in [4.69, 9.17) is 0 Å². The summed E-state index contributed by atoms with van der Waals surface area (Å²) in [6, 6.07) is 5.05. The van der Waals surface area contributed by atoms with Crippen molar-refractivity contribution >= 4 is 15.9 Å². The van der Waals surface area contributed by atoms with Gasteiger partial charge >= 0.3 is 0 Å². The molecule has 0 saturated heterocycles. The second kappa shape index (κ2) is 3.14. The second-order valence-electron chi connectivity index (χ2n) is 3.31. The number of aromatic hydroxyl groups is 1. The molecule has 1 aromatic rings. The molecule has 0 bridgehead atoms. The van der Waals surface area contributed by atoms with Crippen LogP contribution in [0.3, 0.4) is 0 Å². The molecule has 1 N–H and O–H groups in total. The van der Waals surface area contributed by atoms with Crippen LogP contribution in [0.25, 0.3) is 0 Å². The fourth-order valence-electron chi connectivity index (χ4n) is 1.30. The zero-order chi connectivity index (χ0) is 9.42. The second-order valence-corrected chi connectivity index (χ2v) is 4.17. The average Bonchev–Trinajstić information content (AvgIpc) is 2.91. The first-order chi connectivity index (χ1) is 6.18. The van der Waals surface area contributed by atoms with Gasteiger partial charge in [-0.25, -0.2) is 0 Å². The van der Waals surface area contributed by atoms with Crippen molar-refractivity contribution in [1.29, 1.82) is 0 Å². The van der Waals surface area contributed by atoms with Crippen LogP contribution in [0.1, 0.15) is 24.3 Å². The van der Waals surface area contributed by atoms with E-state index in [1.165, 1.54) is 18.9 Å². The lowest BCUT2D eigenvalue weighted by Gasteiger charge is -1.91. The van der Waals surface area contributed by atoms with Gasteiger partial charge in [0.1, 0.15) is 0 Å². The molecule has 0 amide bonds. The van der Waals surface area contributed by atoms with Crippen molar-refractivity contribution in [2.75, 3.05) is 0 Å². The van der Waals surface area contributed by atoms with Crippen LogP contribution in [-0.4, -0.2) is 5.11 Å². The topological polar surface area (TPSA) is 37.3 Å². The van der Waals surface area contributed by atoms with Crippen LogP contribution in [0.5, 0.6) is 5.75 Å². The van der Waals surface area contributed by atoms with Crippen LogP contribution >= 0.6 is 15.9 Å². The monoisotopic (exact) mass is 240 g/mol. The molecule has 0 radical (unpaired) electrons. The predicted molar refractivity (Wildman–Crippen MR) is 54.1 cm³/mol. The van der Waals surface area contributed by atoms with Crippen LogP contribution in [0.15, 0.2) is 27.5 Å². The van der Waals surface area contributed by atoms with Gasteiger partial charge < -0.3 is 5.11 Å². The van der Waals surface area contributed by atoms with Crippen molar-refractivity contribution in [2.24, 2.45) is 0 Å². The molecule has 0 aromatic heterocycles. The fraction of sp³-hybridized carbons (Fsp3) is 0.300. The van der Waals surface area contributed by atoms with Crippen molar-refractivity contribution in [1.82, 2.24) is 0 Å². The van der Waals surface area contributed by atoms with Gasteiger partial charge in [-0.1, -0.05) is 6.07 Å². The number of hydrogen-bond acceptors (Lipinski definition) is 2. The molecular weight excluding hydrogens is 232 g/mol. The molecule has 0 spiro atoms. The van der Waals surface area contributed by atoms with Gasteiger partial charge in [0, 0.05) is 0 Å². The third-order valence-corrected chi connectivity index (χ3v) is 2.83. The standard InChI is InChI=1S/C10H9BrO2/c11-8-5-7(6-1-2-6)3-4-9(12)10(8)13/h3-6H,1-2H2,(H,12,13). The highest BCUT2D eigenvalue weighted by molar-refractivity contribution is 9.10. The Kier molecular flexibility index (Phi) is 2.12. The molecule has 0 unspecified atom stereocenters. The van der Waals surface area contributed by atoms with Crippen molar-refractivity contribution in [2.45, 2.75) is 18.8 Å². The third-order valence-electron chi connectivity index (χ3n) is 2.23. The Morgan fingerprint density at radius 3 is 2.69 bits per heavy atom. The molecular formula is C10H9BrO2. The smallest absolute Gasteiger partial charge is 0.221 e. The summed E-state index contributed by atoms with van der Waals surface area (Å²) in [6.07, 6.45) is 2.37. The van der Waals surface area contributed by atoms with Gasteiger partial charge in [-0.3, -0.25) is 4.79 Å². The van der Waals surface area contributed by atoms with Crippen LogP contribution < -0.4 is 5.43 Å². The van der Waals surface area contributed by atoms with Gasteiger partial charge in [-0.05, 0) is 52.4 Å². The van der Waals surface area contributed by atoms with Crippen LogP contribution in [0.4, 0.5) is 0 Å². The number of halogens is 1. The Labute approximate surface area is 84.4 Å². The van der Waals surface area contributed by atoms with E-state index in [2.05, 4.69) is 15.9 Å². The van der Waals surface area contributed by atoms with Gasteiger partial charge in [0.05, 0.1) is 4.47 Å². The third kappa shape index (κ3) is 1.75. The lowest BCUT2D eigenvalue weighted by molar-refractivity contribution is 0.467. The summed E-state index contributed by atoms with van der Waals surface area (Å²) in [5.74, 6) is 0.384. The van der Waals surface area contributed by atoms with E-state index in [-0.39, 0.29) is 11.2 Å². The summed E-state index contributed by atoms with van der Waals surface area (Å²) < 4.78 is 0.490. The Hall–Kier alpha value is -0.830. The van der Waals surface area contributed by atoms with Gasteiger partial charge in [0.2, 0.25) is 5.43 Å². The Balaban J connectivity index is 2.59. The van der Waals surface area contributed by atoms with E-state index in [1.807, 2.05) is 6.07 Å². The molecule has 0 atom stereocenters. The number of rotatable bonds is 1. The first-order valence-electron chi connectivity index (χ1n) is 4.21. The zero-order valence-corrected chi connectivity index (χ0v) is 8.54. The molecule has 1 aliphatic carbocycles. The summed E-state index contributed by atoms with van der Waals surface area (Å²) in [4.78, 5) is 11.2. The van der Waals surface area contributed by atoms with E-state index in [9.17, 15) is 9.90 Å². The van der Waals surface area contributed by atoms with Gasteiger partial charge in [-0.15, -0.1) is 0 Å². The predicted octanol–water partition coefficient (Wildman–Crippen LogP) is 2.39. The molecule has 2 nitrogen and oxygen atoms in total. The van der Waals surface area contributed by atoms with Crippen molar-refractivity contribution in [3.8, 4) is 5.75 Å². The fourth-order valence-corrected chi connectivity index (χ4v) is 1.76. The van der Waals surface area contributed by atoms with Crippen molar-refractivity contribution < 1.29 is 5.11 Å². The molecule has 0 heterocycles. The van der Waals surface area contributed by atoms with Crippen LogP contribution in [0.2, 0.25) is 0 Å². The molecule has 3 heteroatoms. The molecule has 13 heavy (non-hydrogen) atoms. The highest BCUT2D eigenvalue weighted by atomic mass is 79.9. The summed E-state index contributed by atoms with van der Waals surface area (Å²) in [6.45, 7) is 0. The van der Waals surface area contributed by atoms with E-state index < -0.39 is 0 Å². The highest BCUT2D eigenvalue weighted by Crippen LogP contribution is 2.40. The normalized spacial score (nSPS) is 15.8. The summed E-state index contributed by atoms with van der Waals surface area (Å²) in [5, 5.41) is 9.33. The lowest BCUT2D eigenvalue weighted by Crippen LogP contribution is -1.92. The Bertz CT molecular complexity index is 397. The maximum Gasteiger partial charge on any atom is 0.221 e. The Morgan fingerprint density at radius 1 is 1.38 bits per heavy atom. The zero-order valence-electron chi connectivity index (χ0n) is 6.96. The molecule has 2 rings (SSSR count). The first-order valence-corrected chi connectivity index (χ1v) is 5.00. The molecule has 1 fully saturated rings. The average molecular weight is 241 g/mol. The SMILES string of the molecule is O=c1ccc(C2CC2)cc(Br)c1O. The minimum Gasteiger partial charge on any atom is -0.503 e. The van der Waals surface area contributed by atoms with Crippen molar-refractivity contribution in [3.05, 3.63) is 38.5 Å². The largest absolute Gasteiger partial charge is 0.503 e. The molecule has 68 valence electrons. The Morgan fingerprint density at radius 2 is 2.08 bits per heavy atom. The van der Waals surface area contributed by atoms with E-state index in [1.54, 1.807) is 6.07 Å². The quantitative estimate of drug-likeness (QED) is 0.819. The lowest BCUT2D eigenvalue weighted by atomic mass is 10.2. The van der Waals surface area contributed by atoms with Gasteiger partial charge in [-0.2, -0.15) is 0 Å². The summed E-state index contributed by atoms with van der Waals surface area (Å²) in [7, 11) is 0.